The van der Waals surface area contributed by atoms with E-state index in [1.54, 1.807) is 0 Å². The standard InChI is InChI=1S/C71H104O6/c1-4-7-10-13-16-19-22-25-27-29-31-33-35-37-39-41-43-46-49-52-55-58-61-64-70(73)76-67-68(66-75-69(72)63-60-57-54-51-48-45-24-21-18-15-12-9-6-3)77-71(74)65-62-59-56-53-50-47-44-42-40-38-36-34-32-30-28-26-23-20-17-14-11-8-5-2/h7-12,16-21,25-28,31-34,37-40,43-48,52,54-55,57,68H,4-6,13-15,22-24,29-30,35-36,41-42,49-51,53,56,58-67H2,1-3H3/b10-7-,11-8-,12-9-,19-16-,20-17-,21-18-,27-25-,28-26-,33-31-,34-32-,39-37-,40-38-,46-43-,47-44-,48-45-,55-52-,57-54-. The predicted molar refractivity (Wildman–Crippen MR) is 333 cm³/mol. The summed E-state index contributed by atoms with van der Waals surface area (Å²) in [6.07, 6.45) is 97.0. The van der Waals surface area contributed by atoms with E-state index in [9.17, 15) is 14.4 Å². The molecule has 1 unspecified atom stereocenters. The van der Waals surface area contributed by atoms with Crippen molar-refractivity contribution in [1.82, 2.24) is 0 Å². The molecular weight excluding hydrogens is 949 g/mol. The molecule has 0 amide bonds. The first-order valence-electron chi connectivity index (χ1n) is 29.6. The number of unbranched alkanes of at least 4 members (excludes halogenated alkanes) is 5. The van der Waals surface area contributed by atoms with Gasteiger partial charge in [0, 0.05) is 19.3 Å². The Morgan fingerprint density at radius 3 is 0.831 bits per heavy atom. The van der Waals surface area contributed by atoms with E-state index < -0.39 is 6.10 Å². The number of esters is 3. The fourth-order valence-electron chi connectivity index (χ4n) is 6.98. The van der Waals surface area contributed by atoms with Crippen LogP contribution < -0.4 is 0 Å². The van der Waals surface area contributed by atoms with Crippen LogP contribution >= 0.6 is 0 Å². The maximum atomic E-state index is 12.9. The zero-order valence-electron chi connectivity index (χ0n) is 48.4. The number of allylic oxidation sites excluding steroid dienone is 34. The Hall–Kier alpha value is -6.01. The van der Waals surface area contributed by atoms with Crippen LogP contribution in [-0.4, -0.2) is 37.2 Å². The van der Waals surface area contributed by atoms with Crippen LogP contribution in [0.2, 0.25) is 0 Å². The molecule has 424 valence electrons. The minimum Gasteiger partial charge on any atom is -0.462 e. The van der Waals surface area contributed by atoms with E-state index in [0.717, 1.165) is 141 Å². The number of carbonyl (C=O) groups excluding carboxylic acids is 3. The molecule has 0 spiro atoms. The van der Waals surface area contributed by atoms with Crippen molar-refractivity contribution in [3.05, 3.63) is 207 Å². The summed E-state index contributed by atoms with van der Waals surface area (Å²) in [5, 5.41) is 0. The lowest BCUT2D eigenvalue weighted by atomic mass is 10.1. The fourth-order valence-corrected chi connectivity index (χ4v) is 6.98. The molecule has 0 aliphatic rings. The van der Waals surface area contributed by atoms with Crippen LogP contribution in [0.25, 0.3) is 0 Å². The largest absolute Gasteiger partial charge is 0.462 e. The van der Waals surface area contributed by atoms with E-state index in [2.05, 4.69) is 215 Å². The molecule has 77 heavy (non-hydrogen) atoms. The van der Waals surface area contributed by atoms with E-state index in [1.807, 2.05) is 12.2 Å². The molecule has 0 saturated carbocycles. The van der Waals surface area contributed by atoms with Gasteiger partial charge < -0.3 is 14.2 Å². The minimum absolute atomic E-state index is 0.154. The molecule has 0 aliphatic carbocycles. The Kier molecular flexibility index (Phi) is 57.6. The smallest absolute Gasteiger partial charge is 0.306 e. The maximum Gasteiger partial charge on any atom is 0.306 e. The van der Waals surface area contributed by atoms with Gasteiger partial charge in [-0.2, -0.15) is 0 Å². The van der Waals surface area contributed by atoms with E-state index in [-0.39, 0.29) is 50.4 Å². The number of hydrogen-bond donors (Lipinski definition) is 0. The summed E-state index contributed by atoms with van der Waals surface area (Å²) < 4.78 is 16.7. The van der Waals surface area contributed by atoms with Gasteiger partial charge in [-0.05, 0) is 148 Å². The summed E-state index contributed by atoms with van der Waals surface area (Å²) in [5.74, 6) is -1.13. The van der Waals surface area contributed by atoms with Crippen LogP contribution in [-0.2, 0) is 28.6 Å². The molecule has 6 nitrogen and oxygen atoms in total. The third-order valence-corrected chi connectivity index (χ3v) is 11.3. The number of ether oxygens (including phenoxy) is 3. The zero-order valence-corrected chi connectivity index (χ0v) is 48.4. The Morgan fingerprint density at radius 1 is 0.260 bits per heavy atom. The SMILES string of the molecule is CC/C=C\C/C=C\C/C=C\C/C=C\C/C=C\C/C=C\C/C=C\CCCC(=O)OCC(COC(=O)CC/C=C\C/C=C\C/C=C\C/C=C\CC)OC(=O)CCCCCC/C=C\C/C=C\C/C=C\C/C=C\C/C=C\C/C=C\CC. The number of rotatable bonds is 50. The van der Waals surface area contributed by atoms with Gasteiger partial charge in [-0.25, -0.2) is 0 Å². The first kappa shape index (κ1) is 71.0. The molecule has 0 rings (SSSR count). The second-order valence-electron chi connectivity index (χ2n) is 18.4. The van der Waals surface area contributed by atoms with E-state index in [4.69, 9.17) is 14.2 Å². The molecule has 0 bridgehead atoms. The van der Waals surface area contributed by atoms with Gasteiger partial charge in [0.1, 0.15) is 13.2 Å². The summed E-state index contributed by atoms with van der Waals surface area (Å²) in [6, 6.07) is 0. The van der Waals surface area contributed by atoms with Gasteiger partial charge in [0.25, 0.3) is 0 Å². The number of carbonyl (C=O) groups is 3. The molecule has 0 N–H and O–H groups in total. The molecule has 0 fully saturated rings. The summed E-state index contributed by atoms with van der Waals surface area (Å²) >= 11 is 0. The molecule has 1 atom stereocenters. The summed E-state index contributed by atoms with van der Waals surface area (Å²) in [4.78, 5) is 38.2. The van der Waals surface area contributed by atoms with Crippen LogP contribution in [0.4, 0.5) is 0 Å². The maximum absolute atomic E-state index is 12.9. The lowest BCUT2D eigenvalue weighted by molar-refractivity contribution is -0.166. The zero-order chi connectivity index (χ0) is 55.7. The molecule has 0 aromatic rings. The van der Waals surface area contributed by atoms with Gasteiger partial charge in [0.05, 0.1) is 0 Å². The van der Waals surface area contributed by atoms with Gasteiger partial charge in [-0.1, -0.05) is 240 Å². The first-order chi connectivity index (χ1) is 38.0. The van der Waals surface area contributed by atoms with Crippen LogP contribution in [0, 0.1) is 0 Å². The minimum atomic E-state index is -0.859. The monoisotopic (exact) mass is 1050 g/mol. The molecule has 0 radical (unpaired) electrons. The summed E-state index contributed by atoms with van der Waals surface area (Å²) in [5.41, 5.74) is 0. The molecule has 0 heterocycles. The highest BCUT2D eigenvalue weighted by molar-refractivity contribution is 5.71. The van der Waals surface area contributed by atoms with Gasteiger partial charge in [0.15, 0.2) is 6.10 Å². The highest BCUT2D eigenvalue weighted by Gasteiger charge is 2.19. The van der Waals surface area contributed by atoms with Crippen LogP contribution in [0.5, 0.6) is 0 Å². The molecule has 6 heteroatoms. The van der Waals surface area contributed by atoms with Crippen molar-refractivity contribution in [2.24, 2.45) is 0 Å². The van der Waals surface area contributed by atoms with Crippen LogP contribution in [0.3, 0.4) is 0 Å². The number of hydrogen-bond acceptors (Lipinski definition) is 6. The molecule has 0 aromatic carbocycles. The molecule has 0 aliphatic heterocycles. The third-order valence-electron chi connectivity index (χ3n) is 11.3. The van der Waals surface area contributed by atoms with Gasteiger partial charge in [-0.3, -0.25) is 14.4 Å². The van der Waals surface area contributed by atoms with E-state index in [0.29, 0.717) is 19.3 Å². The average Bonchev–Trinajstić information content (AvgIpc) is 3.43. The van der Waals surface area contributed by atoms with Crippen molar-refractivity contribution >= 4 is 17.9 Å². The van der Waals surface area contributed by atoms with Gasteiger partial charge in [0.2, 0.25) is 0 Å². The van der Waals surface area contributed by atoms with E-state index >= 15 is 0 Å². The van der Waals surface area contributed by atoms with Crippen molar-refractivity contribution in [3.8, 4) is 0 Å². The highest BCUT2D eigenvalue weighted by atomic mass is 16.6. The van der Waals surface area contributed by atoms with Crippen molar-refractivity contribution in [1.29, 1.82) is 0 Å². The Labute approximate surface area is 470 Å². The fraction of sp³-hybridized carbons (Fsp3) is 0.479. The third kappa shape index (κ3) is 60.7. The lowest BCUT2D eigenvalue weighted by Gasteiger charge is -2.18. The summed E-state index contributed by atoms with van der Waals surface area (Å²) in [6.45, 7) is 6.13. The predicted octanol–water partition coefficient (Wildman–Crippen LogP) is 20.4. The molecule has 0 saturated heterocycles. The Balaban J connectivity index is 4.62. The molecule has 0 aromatic heterocycles. The normalized spacial score (nSPS) is 13.6. The van der Waals surface area contributed by atoms with Gasteiger partial charge >= 0.3 is 17.9 Å². The van der Waals surface area contributed by atoms with Crippen molar-refractivity contribution < 1.29 is 28.6 Å². The van der Waals surface area contributed by atoms with Crippen molar-refractivity contribution in [2.45, 2.75) is 207 Å². The topological polar surface area (TPSA) is 78.9 Å². The lowest BCUT2D eigenvalue weighted by Crippen LogP contribution is -2.30. The van der Waals surface area contributed by atoms with Gasteiger partial charge in [-0.15, -0.1) is 0 Å². The highest BCUT2D eigenvalue weighted by Crippen LogP contribution is 2.11. The Bertz CT molecular complexity index is 1930. The van der Waals surface area contributed by atoms with Crippen molar-refractivity contribution in [2.75, 3.05) is 13.2 Å². The second-order valence-corrected chi connectivity index (χ2v) is 18.4. The van der Waals surface area contributed by atoms with Crippen LogP contribution in [0.1, 0.15) is 201 Å². The first-order valence-corrected chi connectivity index (χ1v) is 29.6. The summed E-state index contributed by atoms with van der Waals surface area (Å²) in [7, 11) is 0. The average molecular weight is 1050 g/mol. The Morgan fingerprint density at radius 2 is 0.506 bits per heavy atom. The quantitative estimate of drug-likeness (QED) is 0.0261. The second kappa shape index (κ2) is 62.5. The van der Waals surface area contributed by atoms with E-state index in [1.165, 1.54) is 0 Å². The molecular formula is C71H104O6. The van der Waals surface area contributed by atoms with Crippen molar-refractivity contribution in [3.63, 3.8) is 0 Å². The van der Waals surface area contributed by atoms with Crippen LogP contribution in [0.15, 0.2) is 207 Å².